The van der Waals surface area contributed by atoms with Crippen LogP contribution in [-0.2, 0) is 9.59 Å². The number of carbonyl (C=O) groups excluding carboxylic acids is 1. The van der Waals surface area contributed by atoms with Crippen molar-refractivity contribution in [2.75, 3.05) is 13.2 Å². The number of nitrogens with zero attached hydrogens (tertiary/aromatic N) is 2. The van der Waals surface area contributed by atoms with Gasteiger partial charge in [-0.2, -0.15) is 5.10 Å². The van der Waals surface area contributed by atoms with Crippen LogP contribution in [0.1, 0.15) is 25.8 Å². The summed E-state index contributed by atoms with van der Waals surface area (Å²) in [6.07, 6.45) is 1.26. The van der Waals surface area contributed by atoms with Gasteiger partial charge in [-0.3, -0.25) is 9.59 Å². The molecule has 0 aromatic heterocycles. The van der Waals surface area contributed by atoms with Gasteiger partial charge in [0.1, 0.15) is 5.25 Å². The molecule has 1 saturated heterocycles. The minimum Gasteiger partial charge on any atom is -0.490 e. The van der Waals surface area contributed by atoms with Gasteiger partial charge in [0, 0.05) is 0 Å². The lowest BCUT2D eigenvalue weighted by molar-refractivity contribution is -0.138. The third-order valence-corrected chi connectivity index (χ3v) is 4.13. The number of aliphatic carboxylic acids is 1. The molecule has 2 N–H and O–H groups in total. The Labute approximate surface area is 149 Å². The maximum atomic E-state index is 11.6. The molecular formula is C16H19N3O5S. The molecule has 1 unspecified atom stereocenters. The van der Waals surface area contributed by atoms with E-state index in [1.807, 2.05) is 19.9 Å². The van der Waals surface area contributed by atoms with Gasteiger partial charge in [0.05, 0.1) is 25.8 Å². The molecule has 2 rings (SSSR count). The number of thioether (sulfide) groups is 1. The highest BCUT2D eigenvalue weighted by Crippen LogP contribution is 2.28. The lowest BCUT2D eigenvalue weighted by atomic mass is 10.2. The van der Waals surface area contributed by atoms with Gasteiger partial charge >= 0.3 is 5.97 Å². The molecule has 1 atom stereocenters. The first-order valence-corrected chi connectivity index (χ1v) is 8.61. The summed E-state index contributed by atoms with van der Waals surface area (Å²) in [5.74, 6) is -0.134. The lowest BCUT2D eigenvalue weighted by Crippen LogP contribution is -2.26. The van der Waals surface area contributed by atoms with Crippen LogP contribution in [0.2, 0.25) is 0 Å². The number of carboxylic acid groups (broad SMARTS) is 1. The largest absolute Gasteiger partial charge is 0.490 e. The standard InChI is InChI=1S/C16H19N3O5S/c1-3-23-11-6-5-10(7-12(11)24-4-2)9-17-19-16-18-15(22)13(25-16)8-14(20)21/h5-7,9,13H,3-4,8H2,1-2H3,(H,20,21)(H,18,19,22). The van der Waals surface area contributed by atoms with Crippen molar-refractivity contribution in [2.45, 2.75) is 25.5 Å². The summed E-state index contributed by atoms with van der Waals surface area (Å²) in [6.45, 7) is 4.83. The fourth-order valence-corrected chi connectivity index (χ4v) is 2.96. The van der Waals surface area contributed by atoms with Gasteiger partial charge in [-0.05, 0) is 37.6 Å². The zero-order valence-corrected chi connectivity index (χ0v) is 14.7. The lowest BCUT2D eigenvalue weighted by Gasteiger charge is -2.10. The quantitative estimate of drug-likeness (QED) is 0.538. The van der Waals surface area contributed by atoms with E-state index in [1.165, 1.54) is 6.21 Å². The number of carboxylic acids is 1. The molecule has 1 aromatic carbocycles. The van der Waals surface area contributed by atoms with E-state index in [1.54, 1.807) is 12.1 Å². The van der Waals surface area contributed by atoms with Crippen LogP contribution in [0.4, 0.5) is 0 Å². The number of hydrogen-bond acceptors (Lipinski definition) is 7. The third kappa shape index (κ3) is 5.49. The Kier molecular flexibility index (Phi) is 6.81. The number of benzene rings is 1. The fourth-order valence-electron chi connectivity index (χ4n) is 2.04. The average Bonchev–Trinajstić information content (AvgIpc) is 2.89. The van der Waals surface area contributed by atoms with Crippen molar-refractivity contribution in [3.63, 3.8) is 0 Å². The first-order chi connectivity index (χ1) is 12.0. The second-order valence-electron chi connectivity index (χ2n) is 4.92. The summed E-state index contributed by atoms with van der Waals surface area (Å²) in [4.78, 5) is 22.3. The minimum absolute atomic E-state index is 0.254. The predicted octanol–water partition coefficient (Wildman–Crippen LogP) is 1.88. The predicted molar refractivity (Wildman–Crippen MR) is 95.6 cm³/mol. The van der Waals surface area contributed by atoms with Gasteiger partial charge < -0.3 is 19.9 Å². The van der Waals surface area contributed by atoms with Crippen molar-refractivity contribution >= 4 is 35.0 Å². The Bertz CT molecular complexity index is 705. The highest BCUT2D eigenvalue weighted by molar-refractivity contribution is 8.15. The molecule has 0 spiro atoms. The molecule has 0 radical (unpaired) electrons. The van der Waals surface area contributed by atoms with Gasteiger partial charge in [0.25, 0.3) is 0 Å². The number of carbonyl (C=O) groups is 2. The van der Waals surface area contributed by atoms with Crippen molar-refractivity contribution in [3.8, 4) is 11.5 Å². The molecule has 1 aliphatic rings. The van der Waals surface area contributed by atoms with Gasteiger partial charge in [0.2, 0.25) is 5.91 Å². The van der Waals surface area contributed by atoms with Crippen LogP contribution in [0.25, 0.3) is 0 Å². The van der Waals surface area contributed by atoms with Crippen molar-refractivity contribution in [3.05, 3.63) is 23.8 Å². The molecule has 0 aliphatic carbocycles. The molecule has 1 aromatic rings. The van der Waals surface area contributed by atoms with Crippen molar-refractivity contribution in [1.29, 1.82) is 0 Å². The van der Waals surface area contributed by atoms with Crippen molar-refractivity contribution in [1.82, 2.24) is 5.32 Å². The van der Waals surface area contributed by atoms with Gasteiger partial charge in [0.15, 0.2) is 16.7 Å². The normalized spacial score (nSPS) is 18.6. The molecule has 1 amide bonds. The van der Waals surface area contributed by atoms with E-state index in [4.69, 9.17) is 14.6 Å². The summed E-state index contributed by atoms with van der Waals surface area (Å²) in [7, 11) is 0. The average molecular weight is 365 g/mol. The topological polar surface area (TPSA) is 110 Å². The van der Waals surface area contributed by atoms with Crippen LogP contribution in [0, 0.1) is 0 Å². The van der Waals surface area contributed by atoms with Gasteiger partial charge in [-0.25, -0.2) is 0 Å². The highest BCUT2D eigenvalue weighted by Gasteiger charge is 2.32. The highest BCUT2D eigenvalue weighted by atomic mass is 32.2. The zero-order chi connectivity index (χ0) is 18.2. The summed E-state index contributed by atoms with van der Waals surface area (Å²) in [6, 6.07) is 5.38. The first-order valence-electron chi connectivity index (χ1n) is 7.73. The van der Waals surface area contributed by atoms with E-state index in [-0.39, 0.29) is 17.5 Å². The third-order valence-electron chi connectivity index (χ3n) is 3.06. The second-order valence-corrected chi connectivity index (χ2v) is 6.11. The molecule has 9 heteroatoms. The summed E-state index contributed by atoms with van der Waals surface area (Å²) in [5, 5.41) is 18.7. The van der Waals surface area contributed by atoms with E-state index in [0.29, 0.717) is 24.7 Å². The van der Waals surface area contributed by atoms with E-state index in [0.717, 1.165) is 17.3 Å². The van der Waals surface area contributed by atoms with E-state index >= 15 is 0 Å². The Morgan fingerprint density at radius 3 is 2.72 bits per heavy atom. The van der Waals surface area contributed by atoms with Crippen LogP contribution in [0.15, 0.2) is 28.4 Å². The number of rotatable bonds is 8. The van der Waals surface area contributed by atoms with Crippen LogP contribution >= 0.6 is 11.8 Å². The fraction of sp³-hybridized carbons (Fsp3) is 0.375. The minimum atomic E-state index is -1.03. The number of nitrogens with one attached hydrogen (secondary N) is 1. The smallest absolute Gasteiger partial charge is 0.305 e. The van der Waals surface area contributed by atoms with Crippen LogP contribution in [-0.4, -0.2) is 46.8 Å². The molecule has 0 saturated carbocycles. The van der Waals surface area contributed by atoms with E-state index < -0.39 is 11.2 Å². The number of amides is 1. The number of hydrogen-bond donors (Lipinski definition) is 2. The van der Waals surface area contributed by atoms with Crippen molar-refractivity contribution in [2.24, 2.45) is 10.2 Å². The SMILES string of the molecule is CCOc1ccc(C=NN=C2NC(=O)C(CC(=O)O)S2)cc1OCC. The molecule has 1 heterocycles. The summed E-state index contributed by atoms with van der Waals surface area (Å²) in [5.41, 5.74) is 0.757. The maximum Gasteiger partial charge on any atom is 0.305 e. The Morgan fingerprint density at radius 1 is 1.32 bits per heavy atom. The summed E-state index contributed by atoms with van der Waals surface area (Å²) < 4.78 is 11.0. The van der Waals surface area contributed by atoms with Crippen LogP contribution in [0.5, 0.6) is 11.5 Å². The number of amidine groups is 1. The number of ether oxygens (including phenoxy) is 2. The molecule has 1 fully saturated rings. The summed E-state index contributed by atoms with van der Waals surface area (Å²) >= 11 is 1.05. The zero-order valence-electron chi connectivity index (χ0n) is 13.9. The Balaban J connectivity index is 2.05. The monoisotopic (exact) mass is 365 g/mol. The molecule has 8 nitrogen and oxygen atoms in total. The van der Waals surface area contributed by atoms with E-state index in [9.17, 15) is 9.59 Å². The Hall–Kier alpha value is -2.55. The second kappa shape index (κ2) is 9.07. The molecule has 1 aliphatic heterocycles. The molecule has 25 heavy (non-hydrogen) atoms. The molecule has 134 valence electrons. The van der Waals surface area contributed by atoms with Crippen LogP contribution in [0.3, 0.4) is 0 Å². The van der Waals surface area contributed by atoms with Gasteiger partial charge in [-0.1, -0.05) is 11.8 Å². The van der Waals surface area contributed by atoms with Gasteiger partial charge in [-0.15, -0.1) is 5.10 Å². The van der Waals surface area contributed by atoms with Crippen molar-refractivity contribution < 1.29 is 24.2 Å². The van der Waals surface area contributed by atoms with E-state index in [2.05, 4.69) is 15.5 Å². The van der Waals surface area contributed by atoms with Crippen LogP contribution < -0.4 is 14.8 Å². The Morgan fingerprint density at radius 2 is 2.04 bits per heavy atom. The molecular weight excluding hydrogens is 346 g/mol. The maximum absolute atomic E-state index is 11.6. The first kappa shape index (κ1) is 18.8. The molecule has 0 bridgehead atoms.